The number of hydrogen-bond acceptors (Lipinski definition) is 3. The maximum absolute atomic E-state index is 5.95. The average Bonchev–Trinajstić information content (AvgIpc) is 2.91. The van der Waals surface area contributed by atoms with E-state index in [2.05, 4.69) is 12.2 Å². The first-order valence-corrected chi connectivity index (χ1v) is 9.81. The van der Waals surface area contributed by atoms with Crippen LogP contribution in [0.5, 0.6) is 0 Å². The SMILES string of the molecule is CC1CCC2(CC1)CSC(=NCCOC1CCCCC1)N2. The summed E-state index contributed by atoms with van der Waals surface area (Å²) in [4.78, 5) is 4.72. The molecule has 0 atom stereocenters. The fraction of sp³-hybridized carbons (Fsp3) is 0.941. The van der Waals surface area contributed by atoms with Gasteiger partial charge in [0.05, 0.1) is 19.3 Å². The standard InChI is InChI=1S/C17H30N2OS/c1-14-7-9-17(10-8-14)13-21-16(19-17)18-11-12-20-15-5-3-2-4-6-15/h14-15H,2-13H2,1H3,(H,18,19). The molecule has 2 saturated carbocycles. The molecule has 0 amide bonds. The Balaban J connectivity index is 1.37. The summed E-state index contributed by atoms with van der Waals surface area (Å²) in [7, 11) is 0. The Kier molecular flexibility index (Phi) is 5.49. The van der Waals surface area contributed by atoms with Crippen LogP contribution in [-0.2, 0) is 4.74 Å². The molecule has 3 aliphatic rings. The van der Waals surface area contributed by atoms with Gasteiger partial charge in [0, 0.05) is 11.3 Å². The third-order valence-corrected chi connectivity index (χ3v) is 6.54. The van der Waals surface area contributed by atoms with E-state index in [4.69, 9.17) is 9.73 Å². The Morgan fingerprint density at radius 2 is 1.95 bits per heavy atom. The van der Waals surface area contributed by atoms with Crippen molar-refractivity contribution in [3.05, 3.63) is 0 Å². The van der Waals surface area contributed by atoms with Crippen molar-refractivity contribution in [1.82, 2.24) is 5.32 Å². The molecule has 2 aliphatic carbocycles. The second-order valence-corrected chi connectivity index (χ2v) is 8.16. The van der Waals surface area contributed by atoms with Crippen LogP contribution in [0.4, 0.5) is 0 Å². The van der Waals surface area contributed by atoms with Crippen LogP contribution in [0.1, 0.15) is 64.7 Å². The summed E-state index contributed by atoms with van der Waals surface area (Å²) in [6.45, 7) is 3.99. The average molecular weight is 311 g/mol. The van der Waals surface area contributed by atoms with Crippen LogP contribution in [0, 0.1) is 5.92 Å². The maximum Gasteiger partial charge on any atom is 0.157 e. The molecule has 3 rings (SSSR count). The van der Waals surface area contributed by atoms with Crippen molar-refractivity contribution in [2.75, 3.05) is 18.9 Å². The van der Waals surface area contributed by atoms with Crippen LogP contribution in [0.2, 0.25) is 0 Å². The Morgan fingerprint density at radius 3 is 2.71 bits per heavy atom. The van der Waals surface area contributed by atoms with Gasteiger partial charge in [-0.3, -0.25) is 4.99 Å². The summed E-state index contributed by atoms with van der Waals surface area (Å²) in [5.74, 6) is 2.12. The van der Waals surface area contributed by atoms with Crippen molar-refractivity contribution in [2.24, 2.45) is 10.9 Å². The number of rotatable bonds is 4. The monoisotopic (exact) mass is 310 g/mol. The van der Waals surface area contributed by atoms with E-state index in [-0.39, 0.29) is 0 Å². The van der Waals surface area contributed by atoms with Gasteiger partial charge in [0.15, 0.2) is 5.17 Å². The first-order chi connectivity index (χ1) is 10.3. The van der Waals surface area contributed by atoms with E-state index in [0.717, 1.165) is 24.2 Å². The first-order valence-electron chi connectivity index (χ1n) is 8.83. The minimum atomic E-state index is 0.361. The smallest absolute Gasteiger partial charge is 0.157 e. The minimum absolute atomic E-state index is 0.361. The van der Waals surface area contributed by atoms with E-state index in [1.807, 2.05) is 11.8 Å². The van der Waals surface area contributed by atoms with Crippen LogP contribution < -0.4 is 5.32 Å². The molecule has 3 nitrogen and oxygen atoms in total. The molecule has 1 saturated heterocycles. The molecule has 1 N–H and O–H groups in total. The second kappa shape index (κ2) is 7.36. The molecule has 0 unspecified atom stereocenters. The van der Waals surface area contributed by atoms with Crippen molar-refractivity contribution in [3.63, 3.8) is 0 Å². The second-order valence-electron chi connectivity index (χ2n) is 7.19. The van der Waals surface area contributed by atoms with E-state index in [0.29, 0.717) is 11.6 Å². The number of nitrogens with one attached hydrogen (secondary N) is 1. The lowest BCUT2D eigenvalue weighted by atomic mass is 9.78. The van der Waals surface area contributed by atoms with Gasteiger partial charge < -0.3 is 10.1 Å². The largest absolute Gasteiger partial charge is 0.376 e. The number of nitrogens with zero attached hydrogens (tertiary/aromatic N) is 1. The third-order valence-electron chi connectivity index (χ3n) is 5.34. The van der Waals surface area contributed by atoms with Crippen LogP contribution in [0.25, 0.3) is 0 Å². The predicted octanol–water partition coefficient (Wildman–Crippen LogP) is 3.98. The number of hydrogen-bond donors (Lipinski definition) is 1. The fourth-order valence-electron chi connectivity index (χ4n) is 3.77. The normalized spacial score (nSPS) is 36.2. The Labute approximate surface area is 133 Å². The molecule has 21 heavy (non-hydrogen) atoms. The summed E-state index contributed by atoms with van der Waals surface area (Å²) in [5, 5.41) is 4.89. The van der Waals surface area contributed by atoms with Gasteiger partial charge in [0.25, 0.3) is 0 Å². The zero-order chi connectivity index (χ0) is 14.5. The van der Waals surface area contributed by atoms with E-state index in [1.54, 1.807) is 0 Å². The van der Waals surface area contributed by atoms with E-state index in [9.17, 15) is 0 Å². The molecule has 4 heteroatoms. The molecule has 0 bridgehead atoms. The summed E-state index contributed by atoms with van der Waals surface area (Å²) in [6, 6.07) is 0. The number of thioether (sulfide) groups is 1. The topological polar surface area (TPSA) is 33.6 Å². The molecule has 1 heterocycles. The molecule has 0 radical (unpaired) electrons. The predicted molar refractivity (Wildman–Crippen MR) is 91.1 cm³/mol. The van der Waals surface area contributed by atoms with Gasteiger partial charge in [-0.15, -0.1) is 0 Å². The summed E-state index contributed by atoms with van der Waals surface area (Å²) in [6.07, 6.45) is 12.5. The van der Waals surface area contributed by atoms with Crippen LogP contribution in [0.3, 0.4) is 0 Å². The Morgan fingerprint density at radius 1 is 1.19 bits per heavy atom. The first kappa shape index (κ1) is 15.7. The fourth-order valence-corrected chi connectivity index (χ4v) is 5.02. The number of amidine groups is 1. The van der Waals surface area contributed by atoms with Crippen LogP contribution in [0.15, 0.2) is 4.99 Å². The van der Waals surface area contributed by atoms with Crippen molar-refractivity contribution in [2.45, 2.75) is 76.4 Å². The van der Waals surface area contributed by atoms with Crippen molar-refractivity contribution >= 4 is 16.9 Å². The van der Waals surface area contributed by atoms with Crippen molar-refractivity contribution < 1.29 is 4.74 Å². The molecule has 1 spiro atoms. The Hall–Kier alpha value is -0.220. The summed E-state index contributed by atoms with van der Waals surface area (Å²) < 4.78 is 5.95. The van der Waals surface area contributed by atoms with Gasteiger partial charge in [0.1, 0.15) is 0 Å². The Bertz CT molecular complexity index is 358. The van der Waals surface area contributed by atoms with Gasteiger partial charge in [-0.1, -0.05) is 37.9 Å². The molecular weight excluding hydrogens is 280 g/mol. The van der Waals surface area contributed by atoms with E-state index >= 15 is 0 Å². The third kappa shape index (κ3) is 4.38. The van der Waals surface area contributed by atoms with Crippen LogP contribution >= 0.6 is 11.8 Å². The summed E-state index contributed by atoms with van der Waals surface area (Å²) in [5.41, 5.74) is 0.361. The lowest BCUT2D eigenvalue weighted by Crippen LogP contribution is -2.46. The van der Waals surface area contributed by atoms with Gasteiger partial charge in [0.2, 0.25) is 0 Å². The lowest BCUT2D eigenvalue weighted by Gasteiger charge is -2.35. The van der Waals surface area contributed by atoms with E-state index < -0.39 is 0 Å². The zero-order valence-corrected chi connectivity index (χ0v) is 14.2. The van der Waals surface area contributed by atoms with Crippen LogP contribution in [-0.4, -0.2) is 35.7 Å². The van der Waals surface area contributed by atoms with Gasteiger partial charge in [-0.2, -0.15) is 0 Å². The molecular formula is C17H30N2OS. The highest BCUT2D eigenvalue weighted by molar-refractivity contribution is 8.14. The molecule has 1 aliphatic heterocycles. The number of aliphatic imine (C=N–C) groups is 1. The maximum atomic E-state index is 5.95. The van der Waals surface area contributed by atoms with Gasteiger partial charge in [-0.25, -0.2) is 0 Å². The lowest BCUT2D eigenvalue weighted by molar-refractivity contribution is 0.0335. The van der Waals surface area contributed by atoms with Gasteiger partial charge >= 0.3 is 0 Å². The highest BCUT2D eigenvalue weighted by Gasteiger charge is 2.39. The number of ether oxygens (including phenoxy) is 1. The quantitative estimate of drug-likeness (QED) is 0.798. The molecule has 3 fully saturated rings. The minimum Gasteiger partial charge on any atom is -0.376 e. The molecule has 0 aromatic heterocycles. The highest BCUT2D eigenvalue weighted by Crippen LogP contribution is 2.38. The molecule has 0 aromatic rings. The van der Waals surface area contributed by atoms with Crippen molar-refractivity contribution in [3.8, 4) is 0 Å². The molecule has 120 valence electrons. The zero-order valence-electron chi connectivity index (χ0n) is 13.4. The highest BCUT2D eigenvalue weighted by atomic mass is 32.2. The van der Waals surface area contributed by atoms with E-state index in [1.165, 1.54) is 63.5 Å². The van der Waals surface area contributed by atoms with Crippen molar-refractivity contribution in [1.29, 1.82) is 0 Å². The summed E-state index contributed by atoms with van der Waals surface area (Å²) >= 11 is 1.92. The molecule has 0 aromatic carbocycles. The van der Waals surface area contributed by atoms with Gasteiger partial charge in [-0.05, 0) is 44.4 Å².